The summed E-state index contributed by atoms with van der Waals surface area (Å²) in [7, 11) is 2.61. The van der Waals surface area contributed by atoms with Crippen molar-refractivity contribution in [2.24, 2.45) is 0 Å². The monoisotopic (exact) mass is 215 g/mol. The smallest absolute Gasteiger partial charge is 0.414 e. The van der Waals surface area contributed by atoms with E-state index >= 15 is 0 Å². The minimum Gasteiger partial charge on any atom is -0.464 e. The van der Waals surface area contributed by atoms with E-state index in [9.17, 15) is 9.59 Å². The van der Waals surface area contributed by atoms with Gasteiger partial charge in [-0.05, 0) is 20.8 Å². The van der Waals surface area contributed by atoms with E-state index in [1.165, 1.54) is 14.2 Å². The van der Waals surface area contributed by atoms with Crippen molar-refractivity contribution in [2.45, 2.75) is 26.4 Å². The number of likely N-dealkylation sites (N-methyl/N-ethyl adjacent to an activating group) is 1. The fraction of sp³-hybridized carbons (Fsp3) is 0.600. The van der Waals surface area contributed by atoms with Crippen molar-refractivity contribution in [3.8, 4) is 0 Å². The number of rotatable bonds is 2. The molecule has 1 amide bonds. The molecule has 0 atom stereocenters. The third-order valence-electron chi connectivity index (χ3n) is 1.49. The van der Waals surface area contributed by atoms with Crippen molar-refractivity contribution in [1.29, 1.82) is 0 Å². The van der Waals surface area contributed by atoms with Gasteiger partial charge in [0.25, 0.3) is 0 Å². The second-order valence-electron chi connectivity index (χ2n) is 3.98. The third kappa shape index (κ3) is 4.49. The number of hydrogen-bond acceptors (Lipinski definition) is 4. The normalized spacial score (nSPS) is 10.5. The minimum atomic E-state index is -0.664. The zero-order chi connectivity index (χ0) is 12.2. The zero-order valence-electron chi connectivity index (χ0n) is 9.79. The van der Waals surface area contributed by atoms with Gasteiger partial charge in [-0.25, -0.2) is 9.59 Å². The van der Waals surface area contributed by atoms with Crippen LogP contribution >= 0.6 is 0 Å². The Morgan fingerprint density at radius 2 is 1.73 bits per heavy atom. The van der Waals surface area contributed by atoms with Gasteiger partial charge in [0.2, 0.25) is 0 Å². The van der Waals surface area contributed by atoms with Crippen LogP contribution in [0.5, 0.6) is 0 Å². The average Bonchev–Trinajstić information content (AvgIpc) is 2.11. The Hall–Kier alpha value is -1.52. The SMILES string of the molecule is C=C(C(=O)OC)N(C)C(=O)OC(C)(C)C. The molecule has 0 spiro atoms. The highest BCUT2D eigenvalue weighted by Crippen LogP contribution is 2.11. The third-order valence-corrected chi connectivity index (χ3v) is 1.49. The first-order valence-electron chi connectivity index (χ1n) is 4.43. The van der Waals surface area contributed by atoms with Crippen LogP contribution in [0.25, 0.3) is 0 Å². The van der Waals surface area contributed by atoms with Gasteiger partial charge < -0.3 is 9.47 Å². The number of ether oxygens (including phenoxy) is 2. The van der Waals surface area contributed by atoms with E-state index in [4.69, 9.17) is 4.74 Å². The molecule has 0 aliphatic heterocycles. The van der Waals surface area contributed by atoms with Crippen molar-refractivity contribution in [3.05, 3.63) is 12.3 Å². The van der Waals surface area contributed by atoms with Crippen LogP contribution in [0.4, 0.5) is 4.79 Å². The average molecular weight is 215 g/mol. The lowest BCUT2D eigenvalue weighted by Crippen LogP contribution is -2.35. The molecule has 0 rings (SSSR count). The maximum Gasteiger partial charge on any atom is 0.414 e. The van der Waals surface area contributed by atoms with Crippen molar-refractivity contribution in [2.75, 3.05) is 14.2 Å². The van der Waals surface area contributed by atoms with Gasteiger partial charge >= 0.3 is 12.1 Å². The Bertz CT molecular complexity index is 278. The highest BCUT2D eigenvalue weighted by molar-refractivity contribution is 5.91. The molecule has 5 heteroatoms. The van der Waals surface area contributed by atoms with Crippen LogP contribution in [0.15, 0.2) is 12.3 Å². The quantitative estimate of drug-likeness (QED) is 0.518. The molecule has 0 N–H and O–H groups in total. The van der Waals surface area contributed by atoms with Gasteiger partial charge in [0.15, 0.2) is 0 Å². The maximum absolute atomic E-state index is 11.5. The van der Waals surface area contributed by atoms with Crippen molar-refractivity contribution < 1.29 is 19.1 Å². The lowest BCUT2D eigenvalue weighted by molar-refractivity contribution is -0.137. The summed E-state index contributed by atoms with van der Waals surface area (Å²) < 4.78 is 9.46. The van der Waals surface area contributed by atoms with Crippen LogP contribution in [0.3, 0.4) is 0 Å². The predicted octanol–water partition coefficient (Wildman–Crippen LogP) is 1.54. The van der Waals surface area contributed by atoms with E-state index in [1.807, 2.05) is 0 Å². The Kier molecular flexibility index (Phi) is 4.33. The molecule has 0 unspecified atom stereocenters. The number of methoxy groups -OCH3 is 1. The molecule has 5 nitrogen and oxygen atoms in total. The summed E-state index contributed by atoms with van der Waals surface area (Å²) in [5.74, 6) is -0.664. The van der Waals surface area contributed by atoms with E-state index in [0.717, 1.165) is 4.90 Å². The van der Waals surface area contributed by atoms with Crippen LogP contribution in [0, 0.1) is 0 Å². The molecule has 0 aromatic carbocycles. The molecule has 86 valence electrons. The zero-order valence-corrected chi connectivity index (χ0v) is 9.79. The predicted molar refractivity (Wildman–Crippen MR) is 55.2 cm³/mol. The fourth-order valence-corrected chi connectivity index (χ4v) is 0.695. The Morgan fingerprint density at radius 1 is 1.27 bits per heavy atom. The number of carbonyl (C=O) groups excluding carboxylic acids is 2. The number of carbonyl (C=O) groups is 2. The topological polar surface area (TPSA) is 55.8 Å². The highest BCUT2D eigenvalue weighted by Gasteiger charge is 2.24. The molecule has 0 radical (unpaired) electrons. The molecule has 15 heavy (non-hydrogen) atoms. The second-order valence-corrected chi connectivity index (χ2v) is 3.98. The highest BCUT2D eigenvalue weighted by atomic mass is 16.6. The lowest BCUT2D eigenvalue weighted by Gasteiger charge is -2.24. The standard InChI is InChI=1S/C10H17NO4/c1-7(8(12)14-6)11(5)9(13)15-10(2,3)4/h1H2,2-6H3. The van der Waals surface area contributed by atoms with Crippen LogP contribution in [-0.2, 0) is 14.3 Å². The van der Waals surface area contributed by atoms with E-state index in [-0.39, 0.29) is 5.70 Å². The van der Waals surface area contributed by atoms with Crippen molar-refractivity contribution in [3.63, 3.8) is 0 Å². The fourth-order valence-electron chi connectivity index (χ4n) is 0.695. The summed E-state index contributed by atoms with van der Waals surface area (Å²) in [6.45, 7) is 8.63. The molecule has 0 aliphatic rings. The Balaban J connectivity index is 4.46. The molecule has 0 saturated carbocycles. The summed E-state index contributed by atoms with van der Waals surface area (Å²) in [4.78, 5) is 23.5. The molecule has 0 heterocycles. The Morgan fingerprint density at radius 3 is 2.07 bits per heavy atom. The first-order chi connectivity index (χ1) is 6.69. The van der Waals surface area contributed by atoms with Crippen LogP contribution in [-0.4, -0.2) is 36.7 Å². The Labute approximate surface area is 89.6 Å². The number of hydrogen-bond donors (Lipinski definition) is 0. The molecular weight excluding hydrogens is 198 g/mol. The van der Waals surface area contributed by atoms with Gasteiger partial charge in [0, 0.05) is 7.05 Å². The summed E-state index contributed by atoms with van der Waals surface area (Å²) >= 11 is 0. The maximum atomic E-state index is 11.5. The number of nitrogens with zero attached hydrogens (tertiary/aromatic N) is 1. The van der Waals surface area contributed by atoms with Gasteiger partial charge in [-0.2, -0.15) is 0 Å². The largest absolute Gasteiger partial charge is 0.464 e. The van der Waals surface area contributed by atoms with Gasteiger partial charge in [-0.3, -0.25) is 4.90 Å². The molecular formula is C10H17NO4. The van der Waals surface area contributed by atoms with Gasteiger partial charge in [0.1, 0.15) is 11.3 Å². The van der Waals surface area contributed by atoms with E-state index in [2.05, 4.69) is 11.3 Å². The van der Waals surface area contributed by atoms with E-state index in [0.29, 0.717) is 0 Å². The number of esters is 1. The summed E-state index contributed by atoms with van der Waals surface area (Å²) in [6, 6.07) is 0. The first kappa shape index (κ1) is 13.5. The van der Waals surface area contributed by atoms with Gasteiger partial charge in [-0.1, -0.05) is 6.58 Å². The van der Waals surface area contributed by atoms with Crippen LogP contribution in [0.1, 0.15) is 20.8 Å². The van der Waals surface area contributed by atoms with Gasteiger partial charge in [0.05, 0.1) is 7.11 Å². The van der Waals surface area contributed by atoms with Crippen LogP contribution < -0.4 is 0 Å². The minimum absolute atomic E-state index is 0.0632. The number of amides is 1. The molecule has 0 aromatic heterocycles. The molecule has 0 bridgehead atoms. The van der Waals surface area contributed by atoms with Crippen LogP contribution in [0.2, 0.25) is 0 Å². The van der Waals surface area contributed by atoms with E-state index < -0.39 is 17.7 Å². The molecule has 0 saturated heterocycles. The summed E-state index contributed by atoms with van der Waals surface area (Å²) in [5, 5.41) is 0. The summed E-state index contributed by atoms with van der Waals surface area (Å²) in [5.41, 5.74) is -0.673. The first-order valence-corrected chi connectivity index (χ1v) is 4.43. The second kappa shape index (κ2) is 4.82. The molecule has 0 aliphatic carbocycles. The van der Waals surface area contributed by atoms with Gasteiger partial charge in [-0.15, -0.1) is 0 Å². The summed E-state index contributed by atoms with van der Waals surface area (Å²) in [6.07, 6.45) is -0.641. The lowest BCUT2D eigenvalue weighted by atomic mass is 10.2. The van der Waals surface area contributed by atoms with Crippen molar-refractivity contribution in [1.82, 2.24) is 4.90 Å². The van der Waals surface area contributed by atoms with E-state index in [1.54, 1.807) is 20.8 Å². The molecule has 0 aromatic rings. The van der Waals surface area contributed by atoms with Crippen molar-refractivity contribution >= 4 is 12.1 Å². The molecule has 0 fully saturated rings.